The number of halogens is 1. The molecule has 5 nitrogen and oxygen atoms in total. The quantitative estimate of drug-likeness (QED) is 0.253. The van der Waals surface area contributed by atoms with Gasteiger partial charge in [-0.25, -0.2) is 0 Å². The Morgan fingerprint density at radius 3 is 1.44 bits per heavy atom. The first-order valence-electron chi connectivity index (χ1n) is 17.4. The van der Waals surface area contributed by atoms with Crippen LogP contribution in [0.15, 0.2) is 64.6 Å². The molecular formula is C41H55AlClN3O2. The van der Waals surface area contributed by atoms with Crippen molar-refractivity contribution in [2.45, 2.75) is 123 Å². The number of hydrogen-bond acceptors (Lipinski definition) is 5. The predicted molar refractivity (Wildman–Crippen MR) is 205 cm³/mol. The lowest BCUT2D eigenvalue weighted by atomic mass is 9.79. The Kier molecular flexibility index (Phi) is 10.4. The third-order valence-corrected chi connectivity index (χ3v) is 10.8. The monoisotopic (exact) mass is 683 g/mol. The van der Waals surface area contributed by atoms with Gasteiger partial charge in [0.25, 0.3) is 0 Å². The maximum absolute atomic E-state index is 7.20. The van der Waals surface area contributed by atoms with Crippen LogP contribution in [-0.4, -0.2) is 56.4 Å². The van der Waals surface area contributed by atoms with Gasteiger partial charge in [-0.05, 0) is 61.6 Å². The molecular weight excluding hydrogens is 629 g/mol. The summed E-state index contributed by atoms with van der Waals surface area (Å²) in [5.41, 5.74) is 7.36. The van der Waals surface area contributed by atoms with E-state index in [1.165, 1.54) is 16.7 Å². The van der Waals surface area contributed by atoms with Crippen LogP contribution in [0.1, 0.15) is 122 Å². The van der Waals surface area contributed by atoms with E-state index >= 15 is 0 Å². The fourth-order valence-corrected chi connectivity index (χ4v) is 7.89. The Bertz CT molecular complexity index is 1570. The van der Waals surface area contributed by atoms with Crippen molar-refractivity contribution in [1.29, 1.82) is 0 Å². The number of nitrogens with zero attached hydrogens (tertiary/aromatic N) is 3. The largest absolute Gasteiger partial charge is 0.999 e. The summed E-state index contributed by atoms with van der Waals surface area (Å²) in [5, 5.41) is 0. The van der Waals surface area contributed by atoms with Gasteiger partial charge < -0.3 is 7.58 Å². The average molecular weight is 684 g/mol. The minimum absolute atomic E-state index is 0.0174. The molecule has 3 aromatic rings. The van der Waals surface area contributed by atoms with E-state index in [1.807, 2.05) is 12.4 Å². The summed E-state index contributed by atoms with van der Waals surface area (Å²) in [7, 11) is 7.20. The summed E-state index contributed by atoms with van der Waals surface area (Å²) in [6, 6.07) is 19.7. The highest BCUT2D eigenvalue weighted by atomic mass is 35.6. The van der Waals surface area contributed by atoms with Gasteiger partial charge in [0, 0.05) is 43.2 Å². The summed E-state index contributed by atoms with van der Waals surface area (Å²) in [6.07, 6.45) is 4.03. The third-order valence-electron chi connectivity index (χ3n) is 9.40. The van der Waals surface area contributed by atoms with Crippen LogP contribution in [-0.2, 0) is 28.2 Å². The first kappa shape index (κ1) is 36.7. The number of hydrogen-bond donors (Lipinski definition) is 0. The van der Waals surface area contributed by atoms with Gasteiger partial charge >= 0.3 is 13.9 Å². The van der Waals surface area contributed by atoms with E-state index in [-0.39, 0.29) is 33.7 Å². The van der Waals surface area contributed by atoms with Crippen LogP contribution in [0.5, 0.6) is 11.5 Å². The van der Waals surface area contributed by atoms with Gasteiger partial charge in [0.05, 0.1) is 23.6 Å². The van der Waals surface area contributed by atoms with Crippen LogP contribution in [0.3, 0.4) is 0 Å². The van der Waals surface area contributed by atoms with E-state index in [2.05, 4.69) is 143 Å². The third kappa shape index (κ3) is 8.57. The van der Waals surface area contributed by atoms with Crippen molar-refractivity contribution in [3.05, 3.63) is 93.5 Å². The molecule has 3 aromatic carbocycles. The van der Waals surface area contributed by atoms with Crippen molar-refractivity contribution in [2.24, 2.45) is 9.98 Å². The molecule has 0 unspecified atom stereocenters. The zero-order chi connectivity index (χ0) is 35.2. The predicted octanol–water partition coefficient (Wildman–Crippen LogP) is 9.66. The van der Waals surface area contributed by atoms with Gasteiger partial charge in [0.2, 0.25) is 0 Å². The van der Waals surface area contributed by atoms with E-state index in [1.54, 1.807) is 0 Å². The van der Waals surface area contributed by atoms with E-state index in [0.29, 0.717) is 0 Å². The smallest absolute Gasteiger partial charge is 0.599 e. The number of likely N-dealkylation sites (tertiary alicyclic amines) is 1. The second-order valence-corrected chi connectivity index (χ2v) is 19.9. The van der Waals surface area contributed by atoms with Crippen LogP contribution in [0, 0.1) is 0 Å². The number of benzene rings is 3. The molecule has 48 heavy (non-hydrogen) atoms. The Labute approximate surface area is 299 Å². The Morgan fingerprint density at radius 1 is 0.646 bits per heavy atom. The molecule has 0 bridgehead atoms. The lowest BCUT2D eigenvalue weighted by Gasteiger charge is -2.31. The van der Waals surface area contributed by atoms with Crippen molar-refractivity contribution < 1.29 is 7.58 Å². The zero-order valence-corrected chi connectivity index (χ0v) is 33.2. The average Bonchev–Trinajstić information content (AvgIpc) is 3.34. The van der Waals surface area contributed by atoms with Gasteiger partial charge in [-0.1, -0.05) is 126 Å². The van der Waals surface area contributed by atoms with Crippen molar-refractivity contribution in [3.8, 4) is 11.5 Å². The Hall–Kier alpha value is -2.62. The van der Waals surface area contributed by atoms with Gasteiger partial charge in [0.15, 0.2) is 0 Å². The maximum atomic E-state index is 7.20. The molecule has 0 spiro atoms. The van der Waals surface area contributed by atoms with E-state index < -0.39 is 13.9 Å². The van der Waals surface area contributed by atoms with E-state index in [9.17, 15) is 0 Å². The number of rotatable bonds is 2. The summed E-state index contributed by atoms with van der Waals surface area (Å²) >= 11 is -2.79. The minimum Gasteiger partial charge on any atom is -0.599 e. The van der Waals surface area contributed by atoms with Crippen molar-refractivity contribution in [2.75, 3.05) is 13.1 Å². The molecule has 0 aliphatic carbocycles. The molecule has 2 aliphatic heterocycles. The normalized spacial score (nSPS) is 19.3. The fourth-order valence-electron chi connectivity index (χ4n) is 6.41. The van der Waals surface area contributed by atoms with Crippen LogP contribution < -0.4 is 7.58 Å². The van der Waals surface area contributed by atoms with Crippen LogP contribution >= 0.6 is 10.0 Å². The molecule has 0 N–H and O–H groups in total. The molecule has 0 radical (unpaired) electrons. The van der Waals surface area contributed by atoms with Crippen LogP contribution in [0.2, 0.25) is 0 Å². The summed E-state index contributed by atoms with van der Waals surface area (Å²) in [5.74, 6) is 1.54. The van der Waals surface area contributed by atoms with Gasteiger partial charge in [-0.15, -0.1) is 0 Å². The van der Waals surface area contributed by atoms with Crippen LogP contribution in [0.4, 0.5) is 0 Å². The van der Waals surface area contributed by atoms with E-state index in [4.69, 9.17) is 27.6 Å². The fraction of sp³-hybridized carbons (Fsp3) is 0.512. The molecule has 1 saturated heterocycles. The second-order valence-electron chi connectivity index (χ2n) is 17.8. The van der Waals surface area contributed by atoms with Gasteiger partial charge in [-0.2, -0.15) is 10.0 Å². The highest BCUT2D eigenvalue weighted by Gasteiger charge is 2.39. The maximum Gasteiger partial charge on any atom is 0.999 e. The highest BCUT2D eigenvalue weighted by molar-refractivity contribution is 7.00. The van der Waals surface area contributed by atoms with Gasteiger partial charge in [-0.3, -0.25) is 14.9 Å². The topological polar surface area (TPSA) is 46.4 Å². The van der Waals surface area contributed by atoms with Crippen molar-refractivity contribution in [3.63, 3.8) is 0 Å². The molecule has 2 aliphatic rings. The summed E-state index contributed by atoms with van der Waals surface area (Å²) in [6.45, 7) is 29.4. The Morgan fingerprint density at radius 2 is 1.06 bits per heavy atom. The number of aliphatic imine (C=N–C) groups is 2. The highest BCUT2D eigenvalue weighted by Crippen LogP contribution is 2.41. The first-order chi connectivity index (χ1) is 22.2. The first-order valence-corrected chi connectivity index (χ1v) is 20.1. The molecule has 1 fully saturated rings. The molecule has 0 aromatic heterocycles. The molecule has 2 atom stereocenters. The Balaban J connectivity index is 1.72. The number of fused-ring (bicyclic) bond motifs is 3. The lowest BCUT2D eigenvalue weighted by molar-refractivity contribution is 0.324. The SMILES string of the molecule is CC(C)(C)c1cc2c(c(C(C)(C)C)c1)[O][Al]([Cl])[O]c1c(cc(C(C)(C)C)cc1C(C)(C)C)C=N[C@@H]1CN(Cc3ccccc3)C[C@H]1N=C2. The lowest BCUT2D eigenvalue weighted by Crippen LogP contribution is -2.29. The molecule has 0 saturated carbocycles. The molecule has 2 heterocycles. The minimum atomic E-state index is -2.79. The second kappa shape index (κ2) is 13.6. The van der Waals surface area contributed by atoms with E-state index in [0.717, 1.165) is 53.4 Å². The van der Waals surface area contributed by atoms with Crippen molar-refractivity contribution >= 4 is 36.4 Å². The summed E-state index contributed by atoms with van der Waals surface area (Å²) in [4.78, 5) is 13.1. The van der Waals surface area contributed by atoms with Crippen LogP contribution in [0.25, 0.3) is 0 Å². The standard InChI is InChI=1S/C41H57N3O2.Al.ClH/c1-38(2,3)30-18-28(36(45)32(20-30)40(7,8)9)22-42-34-25-44(24-27-16-14-13-15-17-27)26-35(34)43-23-29-19-31(39(4,5)6)21-33(37(29)46)41(10,11)12;;/h13-23,34-35,45-46H,24-26H2,1-12H3;;1H/q;+3;/p-3/t34-,35-;;/m1../s1. The molecule has 7 heteroatoms. The zero-order valence-electron chi connectivity index (χ0n) is 31.2. The molecule has 256 valence electrons. The summed E-state index contributed by atoms with van der Waals surface area (Å²) < 4.78 is 13.6. The van der Waals surface area contributed by atoms with Crippen molar-refractivity contribution in [1.82, 2.24) is 4.90 Å². The van der Waals surface area contributed by atoms with Gasteiger partial charge in [0.1, 0.15) is 0 Å². The molecule has 5 rings (SSSR count). The molecule has 0 amide bonds.